The molecule has 0 spiro atoms. The quantitative estimate of drug-likeness (QED) is 0.628. The van der Waals surface area contributed by atoms with Crippen LogP contribution in [0.2, 0.25) is 0 Å². The van der Waals surface area contributed by atoms with Gasteiger partial charge in [0.2, 0.25) is 0 Å². The Morgan fingerprint density at radius 2 is 1.95 bits per heavy atom. The first-order valence-electron chi connectivity index (χ1n) is 5.95. The Morgan fingerprint density at radius 3 is 2.40 bits per heavy atom. The number of hydrogen-bond donors (Lipinski definition) is 0. The fourth-order valence-electron chi connectivity index (χ4n) is 1.48. The van der Waals surface area contributed by atoms with Crippen molar-refractivity contribution in [1.29, 1.82) is 0 Å². The smallest absolute Gasteiger partial charge is 0.414 e. The maximum Gasteiger partial charge on any atom is 0.414 e. The molecular weight excluding hydrogens is 264 g/mol. The molecule has 0 N–H and O–H groups in total. The van der Waals surface area contributed by atoms with Crippen molar-refractivity contribution in [3.05, 3.63) is 28.3 Å². The summed E-state index contributed by atoms with van der Waals surface area (Å²) in [6.45, 7) is 5.22. The summed E-state index contributed by atoms with van der Waals surface area (Å²) in [6.07, 6.45) is -0.615. The Bertz CT molecular complexity index is 522. The highest BCUT2D eigenvalue weighted by molar-refractivity contribution is 5.89. The molecule has 0 aliphatic heterocycles. The molecule has 0 bridgehead atoms. The molecule has 1 aromatic rings. The van der Waals surface area contributed by atoms with E-state index in [0.717, 1.165) is 0 Å². The third-order valence-electron chi connectivity index (χ3n) is 2.40. The van der Waals surface area contributed by atoms with Gasteiger partial charge in [0, 0.05) is 19.2 Å². The van der Waals surface area contributed by atoms with Crippen LogP contribution in [0.4, 0.5) is 16.2 Å². The predicted molar refractivity (Wildman–Crippen MR) is 74.3 cm³/mol. The van der Waals surface area contributed by atoms with E-state index in [1.54, 1.807) is 20.8 Å². The number of nitrogens with zero attached hydrogens (tertiary/aromatic N) is 2. The second-order valence-corrected chi connectivity index (χ2v) is 5.15. The van der Waals surface area contributed by atoms with Crippen LogP contribution >= 0.6 is 0 Å². The van der Waals surface area contributed by atoms with Gasteiger partial charge in [-0.2, -0.15) is 0 Å². The molecule has 0 radical (unpaired) electrons. The molecule has 0 aromatic heterocycles. The predicted octanol–water partition coefficient (Wildman–Crippen LogP) is 2.97. The maximum atomic E-state index is 12.0. The van der Waals surface area contributed by atoms with Gasteiger partial charge in [-0.05, 0) is 26.8 Å². The second-order valence-electron chi connectivity index (χ2n) is 5.15. The molecule has 0 saturated heterocycles. The van der Waals surface area contributed by atoms with E-state index in [0.29, 0.717) is 5.75 Å². The normalized spacial score (nSPS) is 10.8. The summed E-state index contributed by atoms with van der Waals surface area (Å²) in [4.78, 5) is 23.4. The monoisotopic (exact) mass is 282 g/mol. The number of nitro groups is 1. The SMILES string of the molecule is COc1ccc([N+](=O)[O-])cc1N(C)C(=O)OC(C)(C)C. The highest BCUT2D eigenvalue weighted by atomic mass is 16.6. The first-order valence-corrected chi connectivity index (χ1v) is 5.95. The first-order chi connectivity index (χ1) is 9.15. The van der Waals surface area contributed by atoms with Crippen LogP contribution in [0.15, 0.2) is 18.2 Å². The van der Waals surface area contributed by atoms with E-state index >= 15 is 0 Å². The van der Waals surface area contributed by atoms with Gasteiger partial charge in [0.25, 0.3) is 5.69 Å². The number of non-ortho nitro benzene ring substituents is 1. The molecule has 1 rings (SSSR count). The highest BCUT2D eigenvalue weighted by Gasteiger charge is 2.24. The van der Waals surface area contributed by atoms with Gasteiger partial charge < -0.3 is 9.47 Å². The Morgan fingerprint density at radius 1 is 1.35 bits per heavy atom. The Labute approximate surface area is 117 Å². The van der Waals surface area contributed by atoms with Gasteiger partial charge in [0.05, 0.1) is 17.7 Å². The minimum absolute atomic E-state index is 0.129. The number of carbonyl (C=O) groups excluding carboxylic acids is 1. The van der Waals surface area contributed by atoms with Crippen LogP contribution in [0.5, 0.6) is 5.75 Å². The third-order valence-corrected chi connectivity index (χ3v) is 2.40. The van der Waals surface area contributed by atoms with Crippen molar-refractivity contribution in [2.24, 2.45) is 0 Å². The van der Waals surface area contributed by atoms with E-state index in [1.165, 1.54) is 37.3 Å². The van der Waals surface area contributed by atoms with Gasteiger partial charge in [-0.1, -0.05) is 0 Å². The van der Waals surface area contributed by atoms with E-state index in [1.807, 2.05) is 0 Å². The molecule has 0 unspecified atom stereocenters. The number of amides is 1. The molecule has 0 aliphatic carbocycles. The molecule has 1 amide bonds. The van der Waals surface area contributed by atoms with Gasteiger partial charge in [-0.25, -0.2) is 4.79 Å². The van der Waals surface area contributed by atoms with E-state index in [4.69, 9.17) is 9.47 Å². The fraction of sp³-hybridized carbons (Fsp3) is 0.462. The number of nitro benzene ring substituents is 1. The minimum atomic E-state index is -0.653. The van der Waals surface area contributed by atoms with E-state index in [-0.39, 0.29) is 11.4 Å². The van der Waals surface area contributed by atoms with Crippen molar-refractivity contribution in [3.8, 4) is 5.75 Å². The fourth-order valence-corrected chi connectivity index (χ4v) is 1.48. The number of benzene rings is 1. The van der Waals surface area contributed by atoms with Gasteiger partial charge >= 0.3 is 6.09 Å². The number of anilines is 1. The molecule has 0 aliphatic rings. The zero-order chi connectivity index (χ0) is 15.5. The van der Waals surface area contributed by atoms with Gasteiger partial charge in [-0.3, -0.25) is 15.0 Å². The Balaban J connectivity index is 3.12. The lowest BCUT2D eigenvalue weighted by atomic mass is 10.2. The topological polar surface area (TPSA) is 81.9 Å². The largest absolute Gasteiger partial charge is 0.495 e. The molecular formula is C13H18N2O5. The molecule has 1 aromatic carbocycles. The number of methoxy groups -OCH3 is 1. The van der Waals surface area contributed by atoms with Crippen LogP contribution in [0.25, 0.3) is 0 Å². The summed E-state index contributed by atoms with van der Waals surface area (Å²) < 4.78 is 10.3. The average molecular weight is 282 g/mol. The summed E-state index contributed by atoms with van der Waals surface area (Å²) in [6, 6.07) is 4.02. The Kier molecular flexibility index (Phi) is 4.54. The lowest BCUT2D eigenvalue weighted by Gasteiger charge is -2.25. The summed E-state index contributed by atoms with van der Waals surface area (Å²) in [7, 11) is 2.89. The molecule has 7 nitrogen and oxygen atoms in total. The molecule has 0 heterocycles. The van der Waals surface area contributed by atoms with Crippen molar-refractivity contribution in [3.63, 3.8) is 0 Å². The lowest BCUT2D eigenvalue weighted by Crippen LogP contribution is -2.34. The van der Waals surface area contributed by atoms with Crippen LogP contribution in [0.1, 0.15) is 20.8 Å². The van der Waals surface area contributed by atoms with Crippen molar-refractivity contribution < 1.29 is 19.2 Å². The average Bonchev–Trinajstić information content (AvgIpc) is 2.34. The third kappa shape index (κ3) is 3.84. The summed E-state index contributed by atoms with van der Waals surface area (Å²) in [5, 5.41) is 10.8. The molecule has 7 heteroatoms. The van der Waals surface area contributed by atoms with Gasteiger partial charge in [0.15, 0.2) is 0 Å². The van der Waals surface area contributed by atoms with E-state index < -0.39 is 16.6 Å². The Hall–Kier alpha value is -2.31. The van der Waals surface area contributed by atoms with E-state index in [2.05, 4.69) is 0 Å². The maximum absolute atomic E-state index is 12.0. The number of rotatable bonds is 3. The first kappa shape index (κ1) is 15.7. The summed E-state index contributed by atoms with van der Waals surface area (Å²) in [5.74, 6) is 0.351. The zero-order valence-electron chi connectivity index (χ0n) is 12.2. The van der Waals surface area contributed by atoms with Crippen LogP contribution in [-0.4, -0.2) is 30.8 Å². The molecule has 0 fully saturated rings. The van der Waals surface area contributed by atoms with Gasteiger partial charge in [-0.15, -0.1) is 0 Å². The van der Waals surface area contributed by atoms with Gasteiger partial charge in [0.1, 0.15) is 11.4 Å². The van der Waals surface area contributed by atoms with E-state index in [9.17, 15) is 14.9 Å². The zero-order valence-corrected chi connectivity index (χ0v) is 12.2. The highest BCUT2D eigenvalue weighted by Crippen LogP contribution is 2.32. The van der Waals surface area contributed by atoms with Crippen LogP contribution in [0, 0.1) is 10.1 Å². The molecule has 0 atom stereocenters. The minimum Gasteiger partial charge on any atom is -0.495 e. The summed E-state index contributed by atoms with van der Waals surface area (Å²) in [5.41, 5.74) is -0.508. The lowest BCUT2D eigenvalue weighted by molar-refractivity contribution is -0.384. The molecule has 0 saturated carbocycles. The van der Waals surface area contributed by atoms with Crippen molar-refractivity contribution >= 4 is 17.5 Å². The summed E-state index contributed by atoms with van der Waals surface area (Å²) >= 11 is 0. The van der Waals surface area contributed by atoms with Crippen LogP contribution in [-0.2, 0) is 4.74 Å². The standard InChI is InChI=1S/C13H18N2O5/c1-13(2,3)20-12(16)14(4)10-8-9(15(17)18)6-7-11(10)19-5/h6-8H,1-5H3. The second kappa shape index (κ2) is 5.77. The van der Waals surface area contributed by atoms with Crippen LogP contribution < -0.4 is 9.64 Å². The van der Waals surface area contributed by atoms with Crippen molar-refractivity contribution in [2.45, 2.75) is 26.4 Å². The number of ether oxygens (including phenoxy) is 2. The molecule has 20 heavy (non-hydrogen) atoms. The van der Waals surface area contributed by atoms with Crippen molar-refractivity contribution in [1.82, 2.24) is 0 Å². The van der Waals surface area contributed by atoms with Crippen molar-refractivity contribution in [2.75, 3.05) is 19.1 Å². The number of carbonyl (C=O) groups is 1. The number of hydrogen-bond acceptors (Lipinski definition) is 5. The molecule has 110 valence electrons. The van der Waals surface area contributed by atoms with Crippen LogP contribution in [0.3, 0.4) is 0 Å².